The van der Waals surface area contributed by atoms with Crippen molar-refractivity contribution in [3.8, 4) is 0 Å². The molecular weight excluding hydrogens is 282 g/mol. The van der Waals surface area contributed by atoms with E-state index in [1.807, 2.05) is 11.9 Å². The van der Waals surface area contributed by atoms with Crippen LogP contribution >= 0.6 is 0 Å². The first kappa shape index (κ1) is 13.7. The van der Waals surface area contributed by atoms with Gasteiger partial charge in [0.05, 0.1) is 18.8 Å². The molecule has 1 N–H and O–H groups in total. The molecule has 9 heteroatoms. The molecule has 1 fully saturated rings. The molecule has 0 atom stereocenters. The number of imidazole rings is 1. The normalized spacial score (nSPS) is 15.5. The highest BCUT2D eigenvalue weighted by Gasteiger charge is 2.35. The number of nitrogens with one attached hydrogen (secondary N) is 1. The zero-order valence-electron chi connectivity index (χ0n) is 11.3. The predicted octanol–water partition coefficient (Wildman–Crippen LogP) is 0.181. The lowest BCUT2D eigenvalue weighted by Gasteiger charge is -2.38. The van der Waals surface area contributed by atoms with Crippen molar-refractivity contribution in [1.29, 1.82) is 0 Å². The maximum Gasteiger partial charge on any atom is 0.255 e. The van der Waals surface area contributed by atoms with Crippen LogP contribution in [0.25, 0.3) is 11.2 Å². The van der Waals surface area contributed by atoms with Crippen molar-refractivity contribution in [3.63, 3.8) is 0 Å². The number of halogens is 2. The van der Waals surface area contributed by atoms with Gasteiger partial charge in [0.15, 0.2) is 17.0 Å². The lowest BCUT2D eigenvalue weighted by molar-refractivity contribution is -0.126. The van der Waals surface area contributed by atoms with Crippen molar-refractivity contribution in [1.82, 2.24) is 24.8 Å². The summed E-state index contributed by atoms with van der Waals surface area (Å²) in [7, 11) is 1.84. The number of nitrogens with zero attached hydrogens (tertiary/aromatic N) is 5. The number of fused-ring (bicyclic) bond motifs is 1. The van der Waals surface area contributed by atoms with Gasteiger partial charge in [-0.1, -0.05) is 0 Å². The minimum Gasteiger partial charge on any atom is -0.353 e. The third-order valence-electron chi connectivity index (χ3n) is 3.46. The summed E-state index contributed by atoms with van der Waals surface area (Å²) in [4.78, 5) is 26.1. The molecule has 3 rings (SSSR count). The summed E-state index contributed by atoms with van der Waals surface area (Å²) in [5.41, 5.74) is 1.39. The Kier molecular flexibility index (Phi) is 3.40. The van der Waals surface area contributed by atoms with Crippen LogP contribution in [0, 0.1) is 5.92 Å². The Morgan fingerprint density at radius 3 is 2.90 bits per heavy atom. The summed E-state index contributed by atoms with van der Waals surface area (Å²) in [6.07, 6.45) is 0.569. The molecule has 0 aliphatic carbocycles. The molecule has 0 saturated carbocycles. The predicted molar refractivity (Wildman–Crippen MR) is 71.0 cm³/mol. The number of hydrogen-bond donors (Lipinski definition) is 1. The Morgan fingerprint density at radius 1 is 1.43 bits per heavy atom. The van der Waals surface area contributed by atoms with E-state index in [2.05, 4.69) is 20.3 Å². The van der Waals surface area contributed by atoms with Crippen LogP contribution in [0.2, 0.25) is 0 Å². The molecule has 1 saturated heterocycles. The molecule has 0 radical (unpaired) electrons. The maximum absolute atomic E-state index is 12.0. The second-order valence-corrected chi connectivity index (χ2v) is 4.96. The number of anilines is 1. The van der Waals surface area contributed by atoms with Crippen molar-refractivity contribution in [3.05, 3.63) is 12.7 Å². The summed E-state index contributed by atoms with van der Waals surface area (Å²) in [5, 5.41) is 2.23. The van der Waals surface area contributed by atoms with Gasteiger partial charge < -0.3 is 14.8 Å². The van der Waals surface area contributed by atoms with Gasteiger partial charge in [-0.15, -0.1) is 0 Å². The molecule has 3 heterocycles. The van der Waals surface area contributed by atoms with Gasteiger partial charge in [-0.2, -0.15) is 0 Å². The summed E-state index contributed by atoms with van der Waals surface area (Å²) in [5.74, 6) is 0.0221. The van der Waals surface area contributed by atoms with Crippen molar-refractivity contribution >= 4 is 22.9 Å². The highest BCUT2D eigenvalue weighted by Crippen LogP contribution is 2.27. The summed E-state index contributed by atoms with van der Waals surface area (Å²) < 4.78 is 25.9. The van der Waals surface area contributed by atoms with Crippen molar-refractivity contribution in [2.45, 2.75) is 6.43 Å². The molecule has 0 spiro atoms. The van der Waals surface area contributed by atoms with Crippen LogP contribution in [0.5, 0.6) is 0 Å². The van der Waals surface area contributed by atoms with Gasteiger partial charge in [0.2, 0.25) is 5.91 Å². The van der Waals surface area contributed by atoms with Crippen molar-refractivity contribution < 1.29 is 13.6 Å². The number of aromatic nitrogens is 4. The lowest BCUT2D eigenvalue weighted by Crippen LogP contribution is -2.54. The standard InChI is InChI=1S/C12H14F2N6O/c1-19-6-18-9-10(19)16-5-17-11(9)20-3-7(4-20)12(21)15-2-8(13)14/h5-8H,2-4H2,1H3,(H,15,21). The average molecular weight is 296 g/mol. The second-order valence-electron chi connectivity index (χ2n) is 4.96. The van der Waals surface area contributed by atoms with E-state index in [-0.39, 0.29) is 11.8 Å². The van der Waals surface area contributed by atoms with Crippen LogP contribution < -0.4 is 10.2 Å². The van der Waals surface area contributed by atoms with Gasteiger partial charge in [0.25, 0.3) is 6.43 Å². The zero-order chi connectivity index (χ0) is 15.0. The maximum atomic E-state index is 12.0. The summed E-state index contributed by atoms with van der Waals surface area (Å²) >= 11 is 0. The number of carbonyl (C=O) groups excluding carboxylic acids is 1. The fourth-order valence-electron chi connectivity index (χ4n) is 2.30. The Labute approximate surface area is 119 Å². The molecule has 21 heavy (non-hydrogen) atoms. The van der Waals surface area contributed by atoms with E-state index in [1.165, 1.54) is 6.33 Å². The van der Waals surface area contributed by atoms with Gasteiger partial charge in [-0.3, -0.25) is 4.79 Å². The smallest absolute Gasteiger partial charge is 0.255 e. The quantitative estimate of drug-likeness (QED) is 0.871. The summed E-state index contributed by atoms with van der Waals surface area (Å²) in [6.45, 7) is 0.281. The molecule has 112 valence electrons. The minimum absolute atomic E-state index is 0.294. The van der Waals surface area contributed by atoms with E-state index in [9.17, 15) is 13.6 Å². The number of aryl methyl sites for hydroxylation is 1. The SMILES string of the molecule is Cn1cnc2c(N3CC(C(=O)NCC(F)F)C3)ncnc21. The Morgan fingerprint density at radius 2 is 2.19 bits per heavy atom. The van der Waals surface area contributed by atoms with Gasteiger partial charge in [0, 0.05) is 20.1 Å². The number of rotatable bonds is 4. The van der Waals surface area contributed by atoms with E-state index in [0.717, 1.165) is 0 Å². The fourth-order valence-corrected chi connectivity index (χ4v) is 2.30. The Hall–Kier alpha value is -2.32. The molecule has 2 aromatic rings. The lowest BCUT2D eigenvalue weighted by atomic mass is 9.99. The first-order valence-corrected chi connectivity index (χ1v) is 6.49. The number of alkyl halides is 2. The molecule has 1 amide bonds. The first-order valence-electron chi connectivity index (χ1n) is 6.49. The molecular formula is C12H14F2N6O. The number of carbonyl (C=O) groups is 1. The molecule has 0 unspecified atom stereocenters. The van der Waals surface area contributed by atoms with Crippen LogP contribution in [0.4, 0.5) is 14.6 Å². The Balaban J connectivity index is 1.66. The third-order valence-corrected chi connectivity index (χ3v) is 3.46. The first-order chi connectivity index (χ1) is 10.1. The molecule has 2 aromatic heterocycles. The van der Waals surface area contributed by atoms with Crippen LogP contribution in [0.15, 0.2) is 12.7 Å². The Bertz CT molecular complexity index is 667. The minimum atomic E-state index is -2.53. The summed E-state index contributed by atoms with van der Waals surface area (Å²) in [6, 6.07) is 0. The molecule has 0 aromatic carbocycles. The highest BCUT2D eigenvalue weighted by molar-refractivity contribution is 5.87. The monoisotopic (exact) mass is 296 g/mol. The molecule has 1 aliphatic rings. The van der Waals surface area contributed by atoms with E-state index in [0.29, 0.717) is 30.1 Å². The van der Waals surface area contributed by atoms with Gasteiger partial charge in [0.1, 0.15) is 6.33 Å². The van der Waals surface area contributed by atoms with Crippen LogP contribution in [0.3, 0.4) is 0 Å². The molecule has 7 nitrogen and oxygen atoms in total. The second kappa shape index (κ2) is 5.23. The van der Waals surface area contributed by atoms with Gasteiger partial charge in [-0.25, -0.2) is 23.7 Å². The van der Waals surface area contributed by atoms with E-state index in [4.69, 9.17) is 0 Å². The number of amides is 1. The van der Waals surface area contributed by atoms with Crippen molar-refractivity contribution in [2.75, 3.05) is 24.5 Å². The third kappa shape index (κ3) is 2.50. The van der Waals surface area contributed by atoms with Gasteiger partial charge in [-0.05, 0) is 0 Å². The van der Waals surface area contributed by atoms with E-state index >= 15 is 0 Å². The zero-order valence-corrected chi connectivity index (χ0v) is 11.3. The van der Waals surface area contributed by atoms with Crippen LogP contribution in [-0.4, -0.2) is 51.5 Å². The number of hydrogen-bond acceptors (Lipinski definition) is 5. The van der Waals surface area contributed by atoms with Crippen LogP contribution in [0.1, 0.15) is 0 Å². The molecule has 1 aliphatic heterocycles. The fraction of sp³-hybridized carbons (Fsp3) is 0.500. The molecule has 0 bridgehead atoms. The largest absolute Gasteiger partial charge is 0.353 e. The van der Waals surface area contributed by atoms with Crippen molar-refractivity contribution in [2.24, 2.45) is 13.0 Å². The average Bonchev–Trinajstić information content (AvgIpc) is 2.78. The van der Waals surface area contributed by atoms with Crippen LogP contribution in [-0.2, 0) is 11.8 Å². The topological polar surface area (TPSA) is 75.9 Å². The highest BCUT2D eigenvalue weighted by atomic mass is 19.3. The van der Waals surface area contributed by atoms with E-state index < -0.39 is 13.0 Å². The van der Waals surface area contributed by atoms with E-state index in [1.54, 1.807) is 10.9 Å². The van der Waals surface area contributed by atoms with Gasteiger partial charge >= 0.3 is 0 Å².